The van der Waals surface area contributed by atoms with Crippen LogP contribution in [0.4, 0.5) is 0 Å². The number of benzene rings is 1. The SMILES string of the molecule is CCC(C)(C)C1CCC(NC(C)c2ccc(I)cc2)CC1. The molecule has 0 amide bonds. The molecule has 2 heteroatoms. The fourth-order valence-electron chi connectivity index (χ4n) is 3.53. The molecule has 1 atom stereocenters. The highest BCUT2D eigenvalue weighted by Crippen LogP contribution is 2.40. The van der Waals surface area contributed by atoms with E-state index in [0.29, 0.717) is 17.5 Å². The largest absolute Gasteiger partial charge is 0.307 e. The molecule has 1 aromatic carbocycles. The third-order valence-corrected chi connectivity index (χ3v) is 6.32. The van der Waals surface area contributed by atoms with Gasteiger partial charge < -0.3 is 5.32 Å². The molecule has 0 spiro atoms. The lowest BCUT2D eigenvalue weighted by molar-refractivity contribution is 0.134. The van der Waals surface area contributed by atoms with E-state index in [1.807, 2.05) is 0 Å². The Morgan fingerprint density at radius 1 is 1.14 bits per heavy atom. The van der Waals surface area contributed by atoms with Crippen molar-refractivity contribution in [3.05, 3.63) is 33.4 Å². The van der Waals surface area contributed by atoms with Crippen molar-refractivity contribution in [1.82, 2.24) is 5.32 Å². The summed E-state index contributed by atoms with van der Waals surface area (Å²) in [6.07, 6.45) is 6.75. The standard InChI is InChI=1S/C19H30IN/c1-5-19(3,4)16-8-12-18(13-9-16)21-14(2)15-6-10-17(20)11-7-15/h6-7,10-11,14,16,18,21H,5,8-9,12-13H2,1-4H3. The van der Waals surface area contributed by atoms with Crippen LogP contribution < -0.4 is 5.32 Å². The first-order valence-electron chi connectivity index (χ1n) is 8.44. The Bertz CT molecular complexity index is 429. The molecule has 1 aliphatic rings. The maximum Gasteiger partial charge on any atom is 0.0294 e. The lowest BCUT2D eigenvalue weighted by atomic mass is 9.69. The van der Waals surface area contributed by atoms with Gasteiger partial charge in [-0.05, 0) is 84.2 Å². The van der Waals surface area contributed by atoms with E-state index >= 15 is 0 Å². The van der Waals surface area contributed by atoms with Crippen LogP contribution in [0, 0.1) is 14.9 Å². The molecule has 118 valence electrons. The van der Waals surface area contributed by atoms with Crippen LogP contribution in [0.1, 0.15) is 71.4 Å². The lowest BCUT2D eigenvalue weighted by Gasteiger charge is -2.39. The first-order valence-corrected chi connectivity index (χ1v) is 9.51. The summed E-state index contributed by atoms with van der Waals surface area (Å²) in [5, 5.41) is 3.84. The van der Waals surface area contributed by atoms with Gasteiger partial charge in [0.2, 0.25) is 0 Å². The Kier molecular flexibility index (Phi) is 6.13. The zero-order valence-electron chi connectivity index (χ0n) is 14.0. The van der Waals surface area contributed by atoms with Crippen molar-refractivity contribution in [1.29, 1.82) is 0 Å². The van der Waals surface area contributed by atoms with E-state index in [1.54, 1.807) is 0 Å². The van der Waals surface area contributed by atoms with Gasteiger partial charge in [0.15, 0.2) is 0 Å². The second-order valence-corrected chi connectivity index (χ2v) is 8.58. The van der Waals surface area contributed by atoms with Gasteiger partial charge in [-0.1, -0.05) is 39.3 Å². The van der Waals surface area contributed by atoms with Crippen molar-refractivity contribution in [2.75, 3.05) is 0 Å². The third-order valence-electron chi connectivity index (χ3n) is 5.60. The first-order chi connectivity index (χ1) is 9.92. The number of halogens is 1. The maximum absolute atomic E-state index is 3.84. The minimum atomic E-state index is 0.461. The van der Waals surface area contributed by atoms with Crippen molar-refractivity contribution < 1.29 is 0 Å². The van der Waals surface area contributed by atoms with Gasteiger partial charge in [-0.15, -0.1) is 0 Å². The third kappa shape index (κ3) is 4.69. The van der Waals surface area contributed by atoms with Crippen LogP contribution in [-0.2, 0) is 0 Å². The van der Waals surface area contributed by atoms with Crippen LogP contribution in [0.5, 0.6) is 0 Å². The highest BCUT2D eigenvalue weighted by molar-refractivity contribution is 14.1. The Morgan fingerprint density at radius 2 is 1.71 bits per heavy atom. The quantitative estimate of drug-likeness (QED) is 0.605. The lowest BCUT2D eigenvalue weighted by Crippen LogP contribution is -2.38. The van der Waals surface area contributed by atoms with E-state index in [-0.39, 0.29) is 0 Å². The molecule has 1 fully saturated rings. The Balaban J connectivity index is 1.84. The number of rotatable bonds is 5. The van der Waals surface area contributed by atoms with E-state index in [0.717, 1.165) is 5.92 Å². The maximum atomic E-state index is 3.84. The Morgan fingerprint density at radius 3 is 2.24 bits per heavy atom. The summed E-state index contributed by atoms with van der Waals surface area (Å²) in [5.74, 6) is 0.911. The molecule has 0 radical (unpaired) electrons. The highest BCUT2D eigenvalue weighted by atomic mass is 127. The molecule has 0 saturated heterocycles. The zero-order valence-corrected chi connectivity index (χ0v) is 16.1. The molecule has 0 bridgehead atoms. The van der Waals surface area contributed by atoms with E-state index in [9.17, 15) is 0 Å². The minimum absolute atomic E-state index is 0.461. The van der Waals surface area contributed by atoms with Crippen molar-refractivity contribution in [2.45, 2.75) is 71.9 Å². The van der Waals surface area contributed by atoms with Crippen LogP contribution in [-0.4, -0.2) is 6.04 Å². The number of hydrogen-bond acceptors (Lipinski definition) is 1. The summed E-state index contributed by atoms with van der Waals surface area (Å²) < 4.78 is 1.31. The van der Waals surface area contributed by atoms with Gasteiger partial charge in [-0.3, -0.25) is 0 Å². The van der Waals surface area contributed by atoms with Gasteiger partial charge in [0, 0.05) is 15.7 Å². The fourth-order valence-corrected chi connectivity index (χ4v) is 3.89. The molecular weight excluding hydrogens is 369 g/mol. The number of hydrogen-bond donors (Lipinski definition) is 1. The Hall–Kier alpha value is -0.0900. The molecule has 1 aromatic rings. The fraction of sp³-hybridized carbons (Fsp3) is 0.684. The smallest absolute Gasteiger partial charge is 0.0294 e. The van der Waals surface area contributed by atoms with E-state index in [2.05, 4.69) is 79.9 Å². The number of nitrogens with one attached hydrogen (secondary N) is 1. The molecule has 0 aromatic heterocycles. The molecule has 1 nitrogen and oxygen atoms in total. The second kappa shape index (κ2) is 7.45. The second-order valence-electron chi connectivity index (χ2n) is 7.33. The predicted molar refractivity (Wildman–Crippen MR) is 101 cm³/mol. The summed E-state index contributed by atoms with van der Waals surface area (Å²) >= 11 is 2.37. The van der Waals surface area contributed by atoms with Gasteiger partial charge in [-0.2, -0.15) is 0 Å². The molecule has 2 rings (SSSR count). The van der Waals surface area contributed by atoms with Crippen molar-refractivity contribution >= 4 is 22.6 Å². The van der Waals surface area contributed by atoms with Crippen LogP contribution in [0.3, 0.4) is 0 Å². The van der Waals surface area contributed by atoms with Crippen LogP contribution in [0.2, 0.25) is 0 Å². The van der Waals surface area contributed by atoms with Crippen LogP contribution >= 0.6 is 22.6 Å². The average Bonchev–Trinajstić information content (AvgIpc) is 2.48. The monoisotopic (exact) mass is 399 g/mol. The molecule has 1 N–H and O–H groups in total. The molecule has 21 heavy (non-hydrogen) atoms. The van der Waals surface area contributed by atoms with Gasteiger partial charge >= 0.3 is 0 Å². The van der Waals surface area contributed by atoms with Crippen molar-refractivity contribution in [3.63, 3.8) is 0 Å². The zero-order chi connectivity index (χ0) is 15.5. The van der Waals surface area contributed by atoms with Crippen molar-refractivity contribution in [2.24, 2.45) is 11.3 Å². The molecular formula is C19H30IN. The molecule has 1 unspecified atom stereocenters. The van der Waals surface area contributed by atoms with Gasteiger partial charge in [-0.25, -0.2) is 0 Å². The first kappa shape index (κ1) is 17.3. The normalized spacial score (nSPS) is 24.8. The molecule has 0 heterocycles. The highest BCUT2D eigenvalue weighted by Gasteiger charge is 2.32. The Labute approximate surface area is 144 Å². The molecule has 1 aliphatic carbocycles. The summed E-state index contributed by atoms with van der Waals surface area (Å²) in [7, 11) is 0. The topological polar surface area (TPSA) is 12.0 Å². The van der Waals surface area contributed by atoms with Crippen molar-refractivity contribution in [3.8, 4) is 0 Å². The minimum Gasteiger partial charge on any atom is -0.307 e. The van der Waals surface area contributed by atoms with Gasteiger partial charge in [0.1, 0.15) is 0 Å². The molecule has 1 saturated carbocycles. The van der Waals surface area contributed by atoms with Crippen LogP contribution in [0.15, 0.2) is 24.3 Å². The van der Waals surface area contributed by atoms with Crippen LogP contribution in [0.25, 0.3) is 0 Å². The summed E-state index contributed by atoms with van der Waals surface area (Å²) in [5.41, 5.74) is 1.93. The van der Waals surface area contributed by atoms with E-state index in [1.165, 1.54) is 41.2 Å². The molecule has 0 aliphatic heterocycles. The average molecular weight is 399 g/mol. The predicted octanol–water partition coefficient (Wildman–Crippen LogP) is 5.94. The summed E-state index contributed by atoms with van der Waals surface area (Å²) in [6.45, 7) is 9.52. The summed E-state index contributed by atoms with van der Waals surface area (Å²) in [4.78, 5) is 0. The van der Waals surface area contributed by atoms with E-state index in [4.69, 9.17) is 0 Å². The van der Waals surface area contributed by atoms with E-state index < -0.39 is 0 Å². The van der Waals surface area contributed by atoms with Gasteiger partial charge in [0.25, 0.3) is 0 Å². The summed E-state index contributed by atoms with van der Waals surface area (Å²) in [6, 6.07) is 10.1. The van der Waals surface area contributed by atoms with Gasteiger partial charge in [0.05, 0.1) is 0 Å².